The van der Waals surface area contributed by atoms with E-state index in [0.29, 0.717) is 11.5 Å². The molecule has 0 bridgehead atoms. The fourth-order valence-corrected chi connectivity index (χ4v) is 3.03. The Labute approximate surface area is 152 Å². The summed E-state index contributed by atoms with van der Waals surface area (Å²) in [5.74, 6) is 1.32. The number of methoxy groups -OCH3 is 2. The SMILES string of the molecule is COC(=O)COc1c(I)cc(-c2nc3ccccc3[nH]2)cc1OC. The lowest BCUT2D eigenvalue weighted by Crippen LogP contribution is -2.13. The van der Waals surface area contributed by atoms with E-state index in [1.807, 2.05) is 36.4 Å². The molecule has 0 saturated heterocycles. The first-order valence-corrected chi connectivity index (χ1v) is 8.22. The van der Waals surface area contributed by atoms with Gasteiger partial charge in [0.25, 0.3) is 0 Å². The minimum Gasteiger partial charge on any atom is -0.493 e. The number of rotatable bonds is 5. The Hall–Kier alpha value is -2.29. The Morgan fingerprint density at radius 2 is 2.04 bits per heavy atom. The smallest absolute Gasteiger partial charge is 0.343 e. The van der Waals surface area contributed by atoms with Crippen molar-refractivity contribution in [2.75, 3.05) is 20.8 Å². The molecule has 6 nitrogen and oxygen atoms in total. The molecule has 0 radical (unpaired) electrons. The number of hydrogen-bond acceptors (Lipinski definition) is 5. The Morgan fingerprint density at radius 1 is 1.25 bits per heavy atom. The highest BCUT2D eigenvalue weighted by molar-refractivity contribution is 14.1. The minimum atomic E-state index is -0.450. The predicted octanol–water partition coefficient (Wildman–Crippen LogP) is 3.39. The average Bonchev–Trinajstić information content (AvgIpc) is 3.03. The number of para-hydroxylation sites is 2. The van der Waals surface area contributed by atoms with Gasteiger partial charge in [0, 0.05) is 5.56 Å². The average molecular weight is 438 g/mol. The van der Waals surface area contributed by atoms with E-state index in [-0.39, 0.29) is 6.61 Å². The zero-order chi connectivity index (χ0) is 17.1. The fraction of sp³-hybridized carbons (Fsp3) is 0.176. The molecule has 0 saturated carbocycles. The topological polar surface area (TPSA) is 73.4 Å². The Kier molecular flexibility index (Phi) is 4.89. The number of aromatic nitrogens is 2. The number of nitrogens with one attached hydrogen (secondary N) is 1. The molecule has 0 aliphatic heterocycles. The number of fused-ring (bicyclic) bond motifs is 1. The van der Waals surface area contributed by atoms with Crippen LogP contribution in [-0.4, -0.2) is 36.8 Å². The van der Waals surface area contributed by atoms with Crippen LogP contribution in [0.15, 0.2) is 36.4 Å². The third kappa shape index (κ3) is 3.30. The first-order valence-electron chi connectivity index (χ1n) is 7.14. The third-order valence-electron chi connectivity index (χ3n) is 3.45. The number of hydrogen-bond donors (Lipinski definition) is 1. The number of carbonyl (C=O) groups is 1. The van der Waals surface area contributed by atoms with Crippen LogP contribution in [0.5, 0.6) is 11.5 Å². The maximum Gasteiger partial charge on any atom is 0.343 e. The lowest BCUT2D eigenvalue weighted by atomic mass is 10.2. The molecule has 0 fully saturated rings. The zero-order valence-corrected chi connectivity index (χ0v) is 15.3. The molecule has 0 aliphatic rings. The standard InChI is InChI=1S/C17H15IN2O4/c1-22-14-8-10(7-11(18)16(14)24-9-15(21)23-2)17-19-12-5-3-4-6-13(12)20-17/h3-8H,9H2,1-2H3,(H,19,20). The molecule has 7 heteroatoms. The van der Waals surface area contributed by atoms with E-state index in [9.17, 15) is 4.79 Å². The molecule has 124 valence electrons. The van der Waals surface area contributed by atoms with Crippen LogP contribution < -0.4 is 9.47 Å². The van der Waals surface area contributed by atoms with Crippen LogP contribution in [0.1, 0.15) is 0 Å². The maximum absolute atomic E-state index is 11.3. The van der Waals surface area contributed by atoms with Gasteiger partial charge in [0.1, 0.15) is 5.82 Å². The fourth-order valence-electron chi connectivity index (χ4n) is 2.28. The number of imidazole rings is 1. The van der Waals surface area contributed by atoms with Gasteiger partial charge in [-0.15, -0.1) is 0 Å². The van der Waals surface area contributed by atoms with E-state index >= 15 is 0 Å². The lowest BCUT2D eigenvalue weighted by molar-refractivity contribution is -0.142. The highest BCUT2D eigenvalue weighted by atomic mass is 127. The third-order valence-corrected chi connectivity index (χ3v) is 4.26. The van der Waals surface area contributed by atoms with Gasteiger partial charge in [-0.2, -0.15) is 0 Å². The van der Waals surface area contributed by atoms with Crippen molar-refractivity contribution in [1.29, 1.82) is 0 Å². The number of H-pyrrole nitrogens is 1. The van der Waals surface area contributed by atoms with Gasteiger partial charge >= 0.3 is 5.97 Å². The van der Waals surface area contributed by atoms with Crippen molar-refractivity contribution < 1.29 is 19.0 Å². The number of ether oxygens (including phenoxy) is 3. The van der Waals surface area contributed by atoms with E-state index in [4.69, 9.17) is 9.47 Å². The summed E-state index contributed by atoms with van der Waals surface area (Å²) < 4.78 is 16.3. The van der Waals surface area contributed by atoms with Gasteiger partial charge in [0.05, 0.1) is 28.8 Å². The second-order valence-corrected chi connectivity index (χ2v) is 6.12. The zero-order valence-electron chi connectivity index (χ0n) is 13.1. The van der Waals surface area contributed by atoms with Gasteiger partial charge in [0.2, 0.25) is 0 Å². The number of nitrogens with zero attached hydrogens (tertiary/aromatic N) is 1. The van der Waals surface area contributed by atoms with Gasteiger partial charge in [-0.1, -0.05) is 12.1 Å². The molecule has 3 aromatic rings. The predicted molar refractivity (Wildman–Crippen MR) is 98.3 cm³/mol. The highest BCUT2D eigenvalue weighted by Crippen LogP contribution is 2.37. The number of esters is 1. The molecular formula is C17H15IN2O4. The summed E-state index contributed by atoms with van der Waals surface area (Å²) in [5.41, 5.74) is 2.73. The monoisotopic (exact) mass is 438 g/mol. The van der Waals surface area contributed by atoms with Gasteiger partial charge in [0.15, 0.2) is 18.1 Å². The van der Waals surface area contributed by atoms with E-state index < -0.39 is 5.97 Å². The quantitative estimate of drug-likeness (QED) is 0.489. The number of carbonyl (C=O) groups excluding carboxylic acids is 1. The van der Waals surface area contributed by atoms with Crippen LogP contribution in [0, 0.1) is 3.57 Å². The van der Waals surface area contributed by atoms with Crippen LogP contribution >= 0.6 is 22.6 Å². The molecule has 2 aromatic carbocycles. The molecule has 1 aromatic heterocycles. The van der Waals surface area contributed by atoms with Crippen molar-refractivity contribution in [2.45, 2.75) is 0 Å². The van der Waals surface area contributed by atoms with Crippen LogP contribution in [0.4, 0.5) is 0 Å². The van der Waals surface area contributed by atoms with Crippen LogP contribution in [0.3, 0.4) is 0 Å². The first-order chi connectivity index (χ1) is 11.6. The molecule has 1 heterocycles. The van der Waals surface area contributed by atoms with Gasteiger partial charge in [-0.3, -0.25) is 0 Å². The summed E-state index contributed by atoms with van der Waals surface area (Å²) >= 11 is 2.14. The minimum absolute atomic E-state index is 0.174. The molecule has 1 N–H and O–H groups in total. The summed E-state index contributed by atoms with van der Waals surface area (Å²) in [6.07, 6.45) is 0. The van der Waals surface area contributed by atoms with Crippen molar-refractivity contribution >= 4 is 39.6 Å². The molecule has 3 rings (SSSR count). The first kappa shape index (κ1) is 16.6. The van der Waals surface area contributed by atoms with Crippen LogP contribution in [0.2, 0.25) is 0 Å². The largest absolute Gasteiger partial charge is 0.493 e. The number of aromatic amines is 1. The lowest BCUT2D eigenvalue weighted by Gasteiger charge is -2.13. The van der Waals surface area contributed by atoms with Gasteiger partial charge < -0.3 is 19.2 Å². The number of halogens is 1. The van der Waals surface area contributed by atoms with Crippen molar-refractivity contribution in [2.24, 2.45) is 0 Å². The van der Waals surface area contributed by atoms with E-state index in [2.05, 4.69) is 37.3 Å². The van der Waals surface area contributed by atoms with E-state index in [1.54, 1.807) is 7.11 Å². The van der Waals surface area contributed by atoms with Crippen molar-refractivity contribution in [1.82, 2.24) is 9.97 Å². The van der Waals surface area contributed by atoms with E-state index in [1.165, 1.54) is 7.11 Å². The van der Waals surface area contributed by atoms with Crippen LogP contribution in [0.25, 0.3) is 22.4 Å². The molecule has 0 unspecified atom stereocenters. The number of benzene rings is 2. The van der Waals surface area contributed by atoms with Gasteiger partial charge in [-0.05, 0) is 46.9 Å². The second kappa shape index (κ2) is 7.08. The molecule has 24 heavy (non-hydrogen) atoms. The summed E-state index contributed by atoms with van der Waals surface area (Å²) in [5, 5.41) is 0. The van der Waals surface area contributed by atoms with Crippen molar-refractivity contribution in [3.63, 3.8) is 0 Å². The molecular weight excluding hydrogens is 423 g/mol. The van der Waals surface area contributed by atoms with E-state index in [0.717, 1.165) is 26.0 Å². The molecule has 0 aliphatic carbocycles. The molecule has 0 amide bonds. The maximum atomic E-state index is 11.3. The summed E-state index contributed by atoms with van der Waals surface area (Å²) in [6.45, 7) is -0.174. The van der Waals surface area contributed by atoms with Crippen molar-refractivity contribution in [3.8, 4) is 22.9 Å². The molecule has 0 atom stereocenters. The van der Waals surface area contributed by atoms with Gasteiger partial charge in [-0.25, -0.2) is 9.78 Å². The Balaban J connectivity index is 1.98. The van der Waals surface area contributed by atoms with Crippen LogP contribution in [-0.2, 0) is 9.53 Å². The Morgan fingerprint density at radius 3 is 2.75 bits per heavy atom. The summed E-state index contributed by atoms with van der Waals surface area (Å²) in [6, 6.07) is 11.6. The Bertz CT molecular complexity index is 858. The van der Waals surface area contributed by atoms with Crippen molar-refractivity contribution in [3.05, 3.63) is 40.0 Å². The normalized spacial score (nSPS) is 10.6. The summed E-state index contributed by atoms with van der Waals surface area (Å²) in [7, 11) is 2.87. The highest BCUT2D eigenvalue weighted by Gasteiger charge is 2.16. The second-order valence-electron chi connectivity index (χ2n) is 4.96. The summed E-state index contributed by atoms with van der Waals surface area (Å²) in [4.78, 5) is 19.1. The molecule has 0 spiro atoms.